The molecule has 6 rings (SSSR count). The Morgan fingerprint density at radius 2 is 2.12 bits per heavy atom. The summed E-state index contributed by atoms with van der Waals surface area (Å²) in [6.07, 6.45) is 6.05. The van der Waals surface area contributed by atoms with Crippen LogP contribution in [0.15, 0.2) is 36.7 Å². The second-order valence-electron chi connectivity index (χ2n) is 9.09. The smallest absolute Gasteiger partial charge is 0.251 e. The molecule has 1 amide bonds. The monoisotopic (exact) mass is 458 g/mol. The number of carbonyl (C=O) groups is 1. The van der Waals surface area contributed by atoms with Gasteiger partial charge in [-0.3, -0.25) is 14.6 Å². The van der Waals surface area contributed by atoms with E-state index in [1.165, 1.54) is 18.1 Å². The van der Waals surface area contributed by atoms with Crippen LogP contribution in [0.3, 0.4) is 0 Å². The zero-order valence-corrected chi connectivity index (χ0v) is 19.2. The molecule has 0 radical (unpaired) electrons. The lowest BCUT2D eigenvalue weighted by Gasteiger charge is -2.39. The molecule has 1 aromatic carbocycles. The number of rotatable bonds is 5. The number of aliphatic hydroxyl groups is 1. The molecule has 9 heteroatoms. The number of aryl methyl sites for hydroxylation is 1. The molecule has 0 saturated carbocycles. The Balaban J connectivity index is 1.35. The molecule has 1 saturated heterocycles. The summed E-state index contributed by atoms with van der Waals surface area (Å²) in [6, 6.07) is 8.45. The third kappa shape index (κ3) is 3.27. The second kappa shape index (κ2) is 7.95. The minimum atomic E-state index is -0.979. The summed E-state index contributed by atoms with van der Waals surface area (Å²) in [4.78, 5) is 18.6. The van der Waals surface area contributed by atoms with Crippen LogP contribution in [0.2, 0.25) is 0 Å². The fourth-order valence-corrected chi connectivity index (χ4v) is 5.05. The van der Waals surface area contributed by atoms with Crippen LogP contribution in [0.5, 0.6) is 5.75 Å². The molecule has 2 N–H and O–H groups in total. The number of hydrogen-bond donors (Lipinski definition) is 2. The van der Waals surface area contributed by atoms with E-state index in [2.05, 4.69) is 33.5 Å². The second-order valence-corrected chi connectivity index (χ2v) is 9.09. The summed E-state index contributed by atoms with van der Waals surface area (Å²) in [6.45, 7) is 2.56. The van der Waals surface area contributed by atoms with Gasteiger partial charge in [0.25, 0.3) is 5.91 Å². The van der Waals surface area contributed by atoms with Gasteiger partial charge in [-0.2, -0.15) is 10.2 Å². The van der Waals surface area contributed by atoms with Crippen molar-refractivity contribution in [1.29, 1.82) is 0 Å². The first-order valence-electron chi connectivity index (χ1n) is 11.6. The standard InChI is InChI=1S/C25H26N6O3/c1-14(32)25(33)30-12-17(13-30)31-11-16(10-26-31)22-24-20(28-29-22)9-21(34-2)23(27-24)19-8-4-6-15-5-3-7-18(15)19/h4,6,8-11,14,17,32H,3,5,7,12-13H2,1-2H3,(H,28,29)/t14-/m0/s1. The number of ether oxygens (including phenoxy) is 1. The van der Waals surface area contributed by atoms with Gasteiger partial charge in [-0.25, -0.2) is 4.98 Å². The van der Waals surface area contributed by atoms with E-state index in [9.17, 15) is 9.90 Å². The van der Waals surface area contributed by atoms with E-state index in [4.69, 9.17) is 9.72 Å². The number of aromatic nitrogens is 5. The number of amides is 1. The minimum Gasteiger partial charge on any atom is -0.494 e. The van der Waals surface area contributed by atoms with Crippen molar-refractivity contribution in [2.45, 2.75) is 38.3 Å². The molecular weight excluding hydrogens is 432 g/mol. The van der Waals surface area contributed by atoms with Crippen molar-refractivity contribution in [2.75, 3.05) is 20.2 Å². The van der Waals surface area contributed by atoms with Crippen molar-refractivity contribution in [3.8, 4) is 28.3 Å². The molecule has 3 aromatic heterocycles. The van der Waals surface area contributed by atoms with Gasteiger partial charge in [0.2, 0.25) is 0 Å². The summed E-state index contributed by atoms with van der Waals surface area (Å²) < 4.78 is 7.57. The highest BCUT2D eigenvalue weighted by atomic mass is 16.5. The van der Waals surface area contributed by atoms with Crippen LogP contribution >= 0.6 is 0 Å². The fraction of sp³-hybridized carbons (Fsp3) is 0.360. The normalized spacial score (nSPS) is 16.5. The first-order valence-corrected chi connectivity index (χ1v) is 11.6. The summed E-state index contributed by atoms with van der Waals surface area (Å²) in [5, 5.41) is 21.6. The molecule has 1 aliphatic carbocycles. The number of aromatic amines is 1. The summed E-state index contributed by atoms with van der Waals surface area (Å²) in [5.41, 5.74) is 7.84. The lowest BCUT2D eigenvalue weighted by molar-refractivity contribution is -0.145. The average molecular weight is 459 g/mol. The van der Waals surface area contributed by atoms with Crippen molar-refractivity contribution >= 4 is 16.9 Å². The first kappa shape index (κ1) is 20.9. The largest absolute Gasteiger partial charge is 0.494 e. The van der Waals surface area contributed by atoms with Crippen LogP contribution in [0.1, 0.15) is 30.5 Å². The Morgan fingerprint density at radius 3 is 2.91 bits per heavy atom. The van der Waals surface area contributed by atoms with E-state index < -0.39 is 6.10 Å². The molecule has 174 valence electrons. The van der Waals surface area contributed by atoms with Crippen molar-refractivity contribution in [2.24, 2.45) is 0 Å². The Kier molecular flexibility index (Phi) is 4.88. The van der Waals surface area contributed by atoms with Gasteiger partial charge in [-0.15, -0.1) is 0 Å². The predicted molar refractivity (Wildman–Crippen MR) is 126 cm³/mol. The van der Waals surface area contributed by atoms with E-state index in [0.29, 0.717) is 13.1 Å². The average Bonchev–Trinajstić information content (AvgIpc) is 3.55. The molecule has 9 nitrogen and oxygen atoms in total. The van der Waals surface area contributed by atoms with Crippen molar-refractivity contribution in [3.63, 3.8) is 0 Å². The summed E-state index contributed by atoms with van der Waals surface area (Å²) in [5.74, 6) is 0.469. The highest BCUT2D eigenvalue weighted by Crippen LogP contribution is 2.38. The van der Waals surface area contributed by atoms with Gasteiger partial charge in [0.1, 0.15) is 28.8 Å². The van der Waals surface area contributed by atoms with E-state index in [1.807, 2.05) is 16.9 Å². The zero-order chi connectivity index (χ0) is 23.4. The Morgan fingerprint density at radius 1 is 1.26 bits per heavy atom. The van der Waals surface area contributed by atoms with Crippen LogP contribution < -0.4 is 4.74 Å². The number of H-pyrrole nitrogens is 1. The van der Waals surface area contributed by atoms with Crippen LogP contribution in [-0.4, -0.2) is 67.2 Å². The summed E-state index contributed by atoms with van der Waals surface area (Å²) >= 11 is 0. The highest BCUT2D eigenvalue weighted by Gasteiger charge is 2.34. The van der Waals surface area contributed by atoms with Crippen molar-refractivity contribution in [3.05, 3.63) is 47.8 Å². The van der Waals surface area contributed by atoms with Crippen LogP contribution in [0, 0.1) is 0 Å². The van der Waals surface area contributed by atoms with Gasteiger partial charge >= 0.3 is 0 Å². The lowest BCUT2D eigenvalue weighted by Crippen LogP contribution is -2.53. The number of nitrogens with zero attached hydrogens (tertiary/aromatic N) is 5. The van der Waals surface area contributed by atoms with Gasteiger partial charge in [-0.1, -0.05) is 18.2 Å². The number of benzene rings is 1. The lowest BCUT2D eigenvalue weighted by atomic mass is 9.99. The molecule has 0 bridgehead atoms. The fourth-order valence-electron chi connectivity index (χ4n) is 5.05. The number of methoxy groups -OCH3 is 1. The first-order chi connectivity index (χ1) is 16.5. The summed E-state index contributed by atoms with van der Waals surface area (Å²) in [7, 11) is 1.67. The number of aliphatic hydroxyl groups excluding tert-OH is 1. The molecule has 1 fully saturated rings. The van der Waals surface area contributed by atoms with E-state index in [0.717, 1.165) is 58.6 Å². The topological polar surface area (TPSA) is 109 Å². The molecule has 1 atom stereocenters. The zero-order valence-electron chi connectivity index (χ0n) is 19.2. The molecule has 34 heavy (non-hydrogen) atoms. The van der Waals surface area contributed by atoms with Gasteiger partial charge in [-0.05, 0) is 37.3 Å². The molecule has 4 heterocycles. The Hall–Kier alpha value is -3.72. The van der Waals surface area contributed by atoms with Crippen LogP contribution in [0.4, 0.5) is 0 Å². The Bertz CT molecular complexity index is 1400. The maximum atomic E-state index is 11.9. The SMILES string of the molecule is COc1cc2[nH]nc(-c3cnn(C4CN(C(=O)[C@H](C)O)C4)c3)c2nc1-c1cccc2c1CCC2. The number of nitrogens with one attached hydrogen (secondary N) is 1. The molecule has 2 aliphatic rings. The van der Waals surface area contributed by atoms with Crippen molar-refractivity contribution in [1.82, 2.24) is 29.9 Å². The molecular formula is C25H26N6O3. The third-order valence-corrected chi connectivity index (χ3v) is 6.90. The van der Waals surface area contributed by atoms with Crippen LogP contribution in [-0.2, 0) is 17.6 Å². The number of carbonyl (C=O) groups excluding carboxylic acids is 1. The maximum absolute atomic E-state index is 11.9. The minimum absolute atomic E-state index is 0.0807. The molecule has 4 aromatic rings. The molecule has 1 aliphatic heterocycles. The van der Waals surface area contributed by atoms with Crippen LogP contribution in [0.25, 0.3) is 33.5 Å². The highest BCUT2D eigenvalue weighted by molar-refractivity contribution is 5.93. The number of hydrogen-bond acceptors (Lipinski definition) is 6. The Labute approximate surface area is 196 Å². The maximum Gasteiger partial charge on any atom is 0.251 e. The van der Waals surface area contributed by atoms with E-state index in [1.54, 1.807) is 18.2 Å². The number of pyridine rings is 1. The number of likely N-dealkylation sites (tertiary alicyclic amines) is 1. The quantitative estimate of drug-likeness (QED) is 0.476. The van der Waals surface area contributed by atoms with Gasteiger partial charge in [0.15, 0.2) is 0 Å². The van der Waals surface area contributed by atoms with Gasteiger partial charge in [0, 0.05) is 36.5 Å². The third-order valence-electron chi connectivity index (χ3n) is 6.90. The number of fused-ring (bicyclic) bond motifs is 2. The predicted octanol–water partition coefficient (Wildman–Crippen LogP) is 2.75. The van der Waals surface area contributed by atoms with Gasteiger partial charge in [0.05, 0.1) is 24.9 Å². The van der Waals surface area contributed by atoms with Crippen molar-refractivity contribution < 1.29 is 14.6 Å². The molecule has 0 unspecified atom stereocenters. The van der Waals surface area contributed by atoms with E-state index >= 15 is 0 Å². The molecule has 0 spiro atoms. The van der Waals surface area contributed by atoms with Gasteiger partial charge < -0.3 is 14.7 Å². The van der Waals surface area contributed by atoms with E-state index in [-0.39, 0.29) is 11.9 Å².